The highest BCUT2D eigenvalue weighted by Crippen LogP contribution is 2.33. The van der Waals surface area contributed by atoms with Gasteiger partial charge in [-0.25, -0.2) is 4.98 Å². The van der Waals surface area contributed by atoms with Gasteiger partial charge < -0.3 is 19.1 Å². The minimum atomic E-state index is -0.00424. The lowest BCUT2D eigenvalue weighted by Gasteiger charge is -2.28. The molecular formula is C36H33N3O4S. The summed E-state index contributed by atoms with van der Waals surface area (Å²) in [7, 11) is 0. The van der Waals surface area contributed by atoms with Gasteiger partial charge in [0.2, 0.25) is 6.79 Å². The molecule has 5 aromatic rings. The fourth-order valence-electron chi connectivity index (χ4n) is 5.66. The van der Waals surface area contributed by atoms with Crippen LogP contribution in [0, 0.1) is 0 Å². The predicted molar refractivity (Wildman–Crippen MR) is 170 cm³/mol. The van der Waals surface area contributed by atoms with Crippen LogP contribution in [0.2, 0.25) is 0 Å². The number of hydrogen-bond donors (Lipinski definition) is 0. The summed E-state index contributed by atoms with van der Waals surface area (Å²) < 4.78 is 17.1. The number of carbonyl (C=O) groups is 1. The Balaban J connectivity index is 1.04. The summed E-state index contributed by atoms with van der Waals surface area (Å²) in [6.45, 7) is 4.13. The molecule has 0 saturated heterocycles. The Kier molecular flexibility index (Phi) is 8.26. The number of amides is 1. The van der Waals surface area contributed by atoms with E-state index in [0.717, 1.165) is 45.4 Å². The van der Waals surface area contributed by atoms with E-state index < -0.39 is 0 Å². The molecule has 0 spiro atoms. The van der Waals surface area contributed by atoms with E-state index in [-0.39, 0.29) is 12.7 Å². The first-order valence-electron chi connectivity index (χ1n) is 14.8. The Labute approximate surface area is 261 Å². The number of benzene rings is 4. The summed E-state index contributed by atoms with van der Waals surface area (Å²) in [6.07, 6.45) is 0.873. The maximum absolute atomic E-state index is 13.4. The maximum Gasteiger partial charge on any atom is 0.273 e. The van der Waals surface area contributed by atoms with Crippen molar-refractivity contribution in [3.8, 4) is 17.2 Å². The molecule has 0 bridgehead atoms. The second-order valence-electron chi connectivity index (χ2n) is 11.1. The van der Waals surface area contributed by atoms with Gasteiger partial charge in [0, 0.05) is 31.6 Å². The molecule has 8 heteroatoms. The van der Waals surface area contributed by atoms with Crippen molar-refractivity contribution >= 4 is 17.2 Å². The first-order chi connectivity index (χ1) is 21.7. The topological polar surface area (TPSA) is 64.1 Å². The highest BCUT2D eigenvalue weighted by atomic mass is 32.1. The molecule has 0 fully saturated rings. The number of aromatic nitrogens is 1. The lowest BCUT2D eigenvalue weighted by molar-refractivity contribution is 0.0729. The lowest BCUT2D eigenvalue weighted by Crippen LogP contribution is -2.36. The normalized spacial score (nSPS) is 13.6. The highest BCUT2D eigenvalue weighted by molar-refractivity contribution is 7.09. The first-order valence-corrected chi connectivity index (χ1v) is 15.7. The molecule has 1 amide bonds. The van der Waals surface area contributed by atoms with Crippen LogP contribution in [0.5, 0.6) is 17.2 Å². The van der Waals surface area contributed by atoms with Gasteiger partial charge in [0.15, 0.2) is 11.5 Å². The summed E-state index contributed by atoms with van der Waals surface area (Å²) in [5.74, 6) is 2.38. The van der Waals surface area contributed by atoms with Gasteiger partial charge in [-0.2, -0.15) is 0 Å². The van der Waals surface area contributed by atoms with Gasteiger partial charge in [0.05, 0.1) is 6.54 Å². The molecule has 0 unspecified atom stereocenters. The maximum atomic E-state index is 13.4. The Morgan fingerprint density at radius 1 is 0.818 bits per heavy atom. The van der Waals surface area contributed by atoms with E-state index in [0.29, 0.717) is 45.0 Å². The molecule has 44 heavy (non-hydrogen) atoms. The zero-order valence-corrected chi connectivity index (χ0v) is 25.2. The summed E-state index contributed by atoms with van der Waals surface area (Å²) in [6, 6.07) is 32.9. The quantitative estimate of drug-likeness (QED) is 0.174. The standard InChI is InChI=1S/C36H33N3O4S/c40-36(39-17-16-29-8-4-5-9-30(29)21-39)32-24-44-35(37-32)22-38(20-28-12-15-33-34(18-28)43-25-42-33)19-26-10-13-31(14-11-26)41-23-27-6-2-1-3-7-27/h1-15,18,24H,16-17,19-23,25H2. The van der Waals surface area contributed by atoms with Crippen LogP contribution in [0.1, 0.15) is 43.3 Å². The van der Waals surface area contributed by atoms with Gasteiger partial charge >= 0.3 is 0 Å². The molecule has 0 aliphatic carbocycles. The summed E-state index contributed by atoms with van der Waals surface area (Å²) in [4.78, 5) is 22.4. The highest BCUT2D eigenvalue weighted by Gasteiger charge is 2.24. The molecule has 0 atom stereocenters. The molecule has 4 aromatic carbocycles. The van der Waals surface area contributed by atoms with Gasteiger partial charge in [-0.15, -0.1) is 11.3 Å². The summed E-state index contributed by atoms with van der Waals surface area (Å²) >= 11 is 1.54. The molecule has 3 heterocycles. The second kappa shape index (κ2) is 12.9. The molecular weight excluding hydrogens is 570 g/mol. The van der Waals surface area contributed by atoms with E-state index >= 15 is 0 Å². The van der Waals surface area contributed by atoms with Crippen LogP contribution in [-0.4, -0.2) is 34.0 Å². The van der Waals surface area contributed by atoms with Crippen molar-refractivity contribution in [3.63, 3.8) is 0 Å². The molecule has 0 radical (unpaired) electrons. The van der Waals surface area contributed by atoms with Crippen molar-refractivity contribution in [2.24, 2.45) is 0 Å². The molecule has 7 rings (SSSR count). The summed E-state index contributed by atoms with van der Waals surface area (Å²) in [5.41, 5.74) is 6.49. The number of rotatable bonds is 10. The Morgan fingerprint density at radius 3 is 2.43 bits per heavy atom. The van der Waals surface area contributed by atoms with Crippen molar-refractivity contribution in [2.45, 2.75) is 39.2 Å². The molecule has 2 aliphatic heterocycles. The minimum absolute atomic E-state index is 0.00424. The number of nitrogens with zero attached hydrogens (tertiary/aromatic N) is 3. The number of thiazole rings is 1. The molecule has 2 aliphatic rings. The third kappa shape index (κ3) is 6.61. The first kappa shape index (κ1) is 28.1. The van der Waals surface area contributed by atoms with Crippen molar-refractivity contribution in [3.05, 3.63) is 141 Å². The van der Waals surface area contributed by atoms with Crippen LogP contribution >= 0.6 is 11.3 Å². The fraction of sp³-hybridized carbons (Fsp3) is 0.222. The van der Waals surface area contributed by atoms with Crippen molar-refractivity contribution in [1.29, 1.82) is 0 Å². The van der Waals surface area contributed by atoms with Crippen LogP contribution in [0.15, 0.2) is 102 Å². The van der Waals surface area contributed by atoms with Crippen molar-refractivity contribution in [1.82, 2.24) is 14.8 Å². The SMILES string of the molecule is O=C(c1csc(CN(Cc2ccc(OCc3ccccc3)cc2)Cc2ccc3c(c2)OCO3)n1)N1CCc2ccccc2C1. The van der Waals surface area contributed by atoms with Gasteiger partial charge in [0.1, 0.15) is 23.1 Å². The van der Waals surface area contributed by atoms with E-state index in [9.17, 15) is 4.79 Å². The smallest absolute Gasteiger partial charge is 0.273 e. The van der Waals surface area contributed by atoms with E-state index in [1.165, 1.54) is 22.5 Å². The zero-order valence-electron chi connectivity index (χ0n) is 24.4. The Morgan fingerprint density at radius 2 is 1.57 bits per heavy atom. The van der Waals surface area contributed by atoms with Crippen LogP contribution in [-0.2, 0) is 39.2 Å². The zero-order chi connectivity index (χ0) is 29.7. The van der Waals surface area contributed by atoms with E-state index in [1.54, 1.807) is 0 Å². The van der Waals surface area contributed by atoms with Gasteiger partial charge in [-0.05, 0) is 58.5 Å². The molecule has 0 N–H and O–H groups in total. The van der Waals surface area contributed by atoms with Crippen LogP contribution in [0.25, 0.3) is 0 Å². The third-order valence-corrected chi connectivity index (χ3v) is 8.80. The minimum Gasteiger partial charge on any atom is -0.489 e. The van der Waals surface area contributed by atoms with E-state index in [2.05, 4.69) is 53.4 Å². The number of fused-ring (bicyclic) bond motifs is 2. The second-order valence-corrected chi connectivity index (χ2v) is 12.1. The Hall–Kier alpha value is -4.66. The van der Waals surface area contributed by atoms with E-state index in [1.807, 2.05) is 58.8 Å². The number of hydrogen-bond acceptors (Lipinski definition) is 7. The fourth-order valence-corrected chi connectivity index (χ4v) is 6.47. The Bertz CT molecular complexity index is 1740. The monoisotopic (exact) mass is 603 g/mol. The number of ether oxygens (including phenoxy) is 3. The van der Waals surface area contributed by atoms with Crippen LogP contribution in [0.4, 0.5) is 0 Å². The predicted octanol–water partition coefficient (Wildman–Crippen LogP) is 6.85. The van der Waals surface area contributed by atoms with E-state index in [4.69, 9.17) is 19.2 Å². The average Bonchev–Trinajstić information content (AvgIpc) is 3.74. The van der Waals surface area contributed by atoms with Gasteiger partial charge in [-0.3, -0.25) is 9.69 Å². The van der Waals surface area contributed by atoms with Crippen LogP contribution in [0.3, 0.4) is 0 Å². The lowest BCUT2D eigenvalue weighted by atomic mass is 10.00. The van der Waals surface area contributed by atoms with Gasteiger partial charge in [0.25, 0.3) is 5.91 Å². The molecule has 7 nitrogen and oxygen atoms in total. The van der Waals surface area contributed by atoms with Gasteiger partial charge in [-0.1, -0.05) is 72.8 Å². The average molecular weight is 604 g/mol. The molecule has 1 aromatic heterocycles. The molecule has 222 valence electrons. The largest absolute Gasteiger partial charge is 0.489 e. The third-order valence-electron chi connectivity index (χ3n) is 7.97. The number of carbonyl (C=O) groups excluding carboxylic acids is 1. The van der Waals surface area contributed by atoms with Crippen molar-refractivity contribution < 1.29 is 19.0 Å². The molecule has 0 saturated carbocycles. The summed E-state index contributed by atoms with van der Waals surface area (Å²) in [5, 5.41) is 2.81. The van der Waals surface area contributed by atoms with Crippen LogP contribution < -0.4 is 14.2 Å². The van der Waals surface area contributed by atoms with Crippen molar-refractivity contribution in [2.75, 3.05) is 13.3 Å².